The van der Waals surface area contributed by atoms with Crippen LogP contribution < -0.4 is 10.2 Å². The van der Waals surface area contributed by atoms with E-state index in [1.807, 2.05) is 26.8 Å². The molecule has 0 unspecified atom stereocenters. The van der Waals surface area contributed by atoms with Crippen LogP contribution in [0, 0.1) is 5.41 Å². The van der Waals surface area contributed by atoms with Gasteiger partial charge in [-0.05, 0) is 49.6 Å². The zero-order valence-electron chi connectivity index (χ0n) is 21.4. The van der Waals surface area contributed by atoms with Crippen LogP contribution in [0.15, 0.2) is 55.0 Å². The maximum Gasteiger partial charge on any atom is 0.229 e. The third-order valence-corrected chi connectivity index (χ3v) is 7.03. The van der Waals surface area contributed by atoms with Crippen molar-refractivity contribution < 1.29 is 4.79 Å². The highest BCUT2D eigenvalue weighted by Gasteiger charge is 2.22. The average Bonchev–Trinajstić information content (AvgIpc) is 3.52. The Hall–Kier alpha value is -4.20. The van der Waals surface area contributed by atoms with Gasteiger partial charge in [-0.15, -0.1) is 0 Å². The van der Waals surface area contributed by atoms with Gasteiger partial charge in [0.15, 0.2) is 5.65 Å². The fourth-order valence-electron chi connectivity index (χ4n) is 4.93. The number of aromatic nitrogens is 5. The number of piperidine rings is 1. The van der Waals surface area contributed by atoms with Crippen molar-refractivity contribution in [2.45, 2.75) is 40.0 Å². The third-order valence-electron chi connectivity index (χ3n) is 7.03. The second kappa shape index (κ2) is 9.03. The molecule has 8 heteroatoms. The Labute approximate surface area is 215 Å². The Bertz CT molecular complexity index is 1600. The molecule has 0 spiro atoms. The van der Waals surface area contributed by atoms with Gasteiger partial charge in [0.1, 0.15) is 0 Å². The molecule has 5 heterocycles. The Balaban J connectivity index is 1.37. The lowest BCUT2D eigenvalue weighted by Crippen LogP contribution is -2.29. The number of carbonyl (C=O) groups excluding carboxylic acids is 1. The molecule has 1 aliphatic rings. The Kier molecular flexibility index (Phi) is 5.67. The number of nitrogens with one attached hydrogen (secondary N) is 3. The molecule has 188 valence electrons. The molecule has 5 aromatic rings. The fourth-order valence-corrected chi connectivity index (χ4v) is 4.93. The molecule has 1 saturated heterocycles. The van der Waals surface area contributed by atoms with Crippen LogP contribution in [0.4, 0.5) is 11.4 Å². The van der Waals surface area contributed by atoms with E-state index in [2.05, 4.69) is 65.7 Å². The summed E-state index contributed by atoms with van der Waals surface area (Å²) in [6.07, 6.45) is 9.02. The number of H-pyrrole nitrogens is 2. The Morgan fingerprint density at radius 3 is 2.59 bits per heavy atom. The van der Waals surface area contributed by atoms with Crippen molar-refractivity contribution in [3.63, 3.8) is 0 Å². The molecule has 0 atom stereocenters. The highest BCUT2D eigenvalue weighted by atomic mass is 16.2. The van der Waals surface area contributed by atoms with Crippen LogP contribution in [0.1, 0.15) is 40.0 Å². The van der Waals surface area contributed by atoms with Gasteiger partial charge in [0.2, 0.25) is 5.91 Å². The Morgan fingerprint density at radius 2 is 1.78 bits per heavy atom. The van der Waals surface area contributed by atoms with Crippen molar-refractivity contribution in [3.05, 3.63) is 55.0 Å². The van der Waals surface area contributed by atoms with Crippen molar-refractivity contribution in [2.75, 3.05) is 23.3 Å². The number of amides is 1. The molecule has 6 rings (SSSR count). The van der Waals surface area contributed by atoms with Crippen LogP contribution >= 0.6 is 0 Å². The molecule has 4 aromatic heterocycles. The summed E-state index contributed by atoms with van der Waals surface area (Å²) in [5, 5.41) is 12.8. The van der Waals surface area contributed by atoms with Crippen LogP contribution in [0.2, 0.25) is 0 Å². The van der Waals surface area contributed by atoms with Crippen LogP contribution in [-0.2, 0) is 4.79 Å². The summed E-state index contributed by atoms with van der Waals surface area (Å²) in [7, 11) is 0. The van der Waals surface area contributed by atoms with Gasteiger partial charge in [-0.2, -0.15) is 5.10 Å². The second-order valence-electron chi connectivity index (χ2n) is 10.8. The molecule has 0 aliphatic carbocycles. The van der Waals surface area contributed by atoms with Crippen molar-refractivity contribution >= 4 is 39.2 Å². The number of rotatable bonds is 4. The first-order valence-electron chi connectivity index (χ1n) is 12.8. The minimum absolute atomic E-state index is 0.0557. The number of fused-ring (bicyclic) bond motifs is 2. The number of carbonyl (C=O) groups is 1. The molecular weight excluding hydrogens is 462 g/mol. The smallest absolute Gasteiger partial charge is 0.229 e. The summed E-state index contributed by atoms with van der Waals surface area (Å²) in [6, 6.07) is 12.7. The summed E-state index contributed by atoms with van der Waals surface area (Å²) in [5.41, 5.74) is 6.86. The van der Waals surface area contributed by atoms with E-state index in [-0.39, 0.29) is 5.91 Å². The predicted octanol–water partition coefficient (Wildman–Crippen LogP) is 6.14. The highest BCUT2D eigenvalue weighted by molar-refractivity contribution is 6.00. The molecule has 8 nitrogen and oxygen atoms in total. The van der Waals surface area contributed by atoms with Crippen LogP contribution in [0.3, 0.4) is 0 Å². The van der Waals surface area contributed by atoms with Gasteiger partial charge < -0.3 is 15.2 Å². The molecule has 1 aliphatic heterocycles. The minimum Gasteiger partial charge on any atom is -0.371 e. The first kappa shape index (κ1) is 23.2. The quantitative estimate of drug-likeness (QED) is 0.279. The molecule has 0 bridgehead atoms. The van der Waals surface area contributed by atoms with Crippen molar-refractivity contribution in [1.29, 1.82) is 0 Å². The lowest BCUT2D eigenvalue weighted by atomic mass is 9.95. The van der Waals surface area contributed by atoms with E-state index < -0.39 is 5.41 Å². The first-order chi connectivity index (χ1) is 17.9. The standard InChI is InChI=1S/C29H31N7O/c1-29(2,3)28(37)32-20-12-18(15-30-17-20)19-13-22-26(34-35-27(22)31-16-19)24-14-21-23(33-24)8-7-9-25(21)36-10-5-4-6-11-36/h7-9,12-17,33H,4-6,10-11H2,1-3H3,(H,32,37)(H,31,34,35). The number of aromatic amines is 2. The van der Waals surface area contributed by atoms with Gasteiger partial charge in [-0.1, -0.05) is 26.8 Å². The van der Waals surface area contributed by atoms with E-state index in [9.17, 15) is 4.79 Å². The zero-order chi connectivity index (χ0) is 25.6. The van der Waals surface area contributed by atoms with Crippen molar-refractivity contribution in [1.82, 2.24) is 25.1 Å². The monoisotopic (exact) mass is 493 g/mol. The van der Waals surface area contributed by atoms with Crippen molar-refractivity contribution in [3.8, 4) is 22.5 Å². The molecule has 3 N–H and O–H groups in total. The van der Waals surface area contributed by atoms with Gasteiger partial charge in [-0.3, -0.25) is 14.9 Å². The van der Waals surface area contributed by atoms with Gasteiger partial charge in [0.25, 0.3) is 0 Å². The summed E-state index contributed by atoms with van der Waals surface area (Å²) in [4.78, 5) is 27.5. The summed E-state index contributed by atoms with van der Waals surface area (Å²) < 4.78 is 0. The van der Waals surface area contributed by atoms with E-state index in [0.717, 1.165) is 46.5 Å². The van der Waals surface area contributed by atoms with E-state index >= 15 is 0 Å². The molecule has 1 fully saturated rings. The predicted molar refractivity (Wildman–Crippen MR) is 149 cm³/mol. The van der Waals surface area contributed by atoms with Gasteiger partial charge in [0.05, 0.1) is 23.3 Å². The van der Waals surface area contributed by atoms with Gasteiger partial charge in [0, 0.05) is 64.0 Å². The largest absolute Gasteiger partial charge is 0.371 e. The minimum atomic E-state index is -0.490. The lowest BCUT2D eigenvalue weighted by molar-refractivity contribution is -0.123. The highest BCUT2D eigenvalue weighted by Crippen LogP contribution is 2.35. The lowest BCUT2D eigenvalue weighted by Gasteiger charge is -2.29. The first-order valence-corrected chi connectivity index (χ1v) is 12.8. The number of hydrogen-bond donors (Lipinski definition) is 3. The number of anilines is 2. The summed E-state index contributed by atoms with van der Waals surface area (Å²) in [6.45, 7) is 7.86. The number of pyridine rings is 2. The molecular formula is C29H31N7O. The van der Waals surface area contributed by atoms with Crippen LogP contribution in [0.5, 0.6) is 0 Å². The van der Waals surface area contributed by atoms with Gasteiger partial charge in [-0.25, -0.2) is 4.98 Å². The third kappa shape index (κ3) is 4.43. The topological polar surface area (TPSA) is 103 Å². The number of benzene rings is 1. The van der Waals surface area contributed by atoms with Crippen LogP contribution in [-0.4, -0.2) is 44.1 Å². The average molecular weight is 494 g/mol. The molecule has 0 saturated carbocycles. The summed E-state index contributed by atoms with van der Waals surface area (Å²) >= 11 is 0. The molecule has 37 heavy (non-hydrogen) atoms. The second-order valence-corrected chi connectivity index (χ2v) is 10.8. The Morgan fingerprint density at radius 1 is 0.973 bits per heavy atom. The SMILES string of the molecule is CC(C)(C)C(=O)Nc1cncc(-c2cnc3n[nH]c(-c4cc5c(N6CCCCC6)cccc5[nH]4)c3c2)c1. The van der Waals surface area contributed by atoms with E-state index in [4.69, 9.17) is 0 Å². The normalized spacial score (nSPS) is 14.4. The fraction of sp³-hybridized carbons (Fsp3) is 0.310. The molecule has 1 amide bonds. The number of nitrogens with zero attached hydrogens (tertiary/aromatic N) is 4. The molecule has 1 aromatic carbocycles. The maximum absolute atomic E-state index is 12.5. The van der Waals surface area contributed by atoms with Gasteiger partial charge >= 0.3 is 0 Å². The van der Waals surface area contributed by atoms with E-state index in [0.29, 0.717) is 11.3 Å². The maximum atomic E-state index is 12.5. The van der Waals surface area contributed by atoms with E-state index in [1.165, 1.54) is 30.3 Å². The summed E-state index contributed by atoms with van der Waals surface area (Å²) in [5.74, 6) is -0.0557. The van der Waals surface area contributed by atoms with Crippen molar-refractivity contribution in [2.24, 2.45) is 5.41 Å². The number of hydrogen-bond acceptors (Lipinski definition) is 5. The van der Waals surface area contributed by atoms with Crippen LogP contribution in [0.25, 0.3) is 44.5 Å². The van der Waals surface area contributed by atoms with E-state index in [1.54, 1.807) is 18.6 Å². The zero-order valence-corrected chi connectivity index (χ0v) is 21.4. The molecule has 0 radical (unpaired) electrons.